The Hall–Kier alpha value is -2.66. The van der Waals surface area contributed by atoms with Crippen molar-refractivity contribution >= 4 is 23.2 Å². The summed E-state index contributed by atoms with van der Waals surface area (Å²) in [5.74, 6) is 0.905. The lowest BCUT2D eigenvalue weighted by Gasteiger charge is -2.32. The molecule has 5 nitrogen and oxygen atoms in total. The van der Waals surface area contributed by atoms with Gasteiger partial charge in [-0.25, -0.2) is 0 Å². The van der Waals surface area contributed by atoms with Crippen LogP contribution in [0.5, 0.6) is 5.75 Å². The Labute approximate surface area is 164 Å². The summed E-state index contributed by atoms with van der Waals surface area (Å²) in [6, 6.07) is 15.2. The first-order chi connectivity index (χ1) is 13.2. The van der Waals surface area contributed by atoms with Gasteiger partial charge < -0.3 is 19.9 Å². The number of rotatable bonds is 4. The van der Waals surface area contributed by atoms with Crippen LogP contribution in [0.3, 0.4) is 0 Å². The number of halogens is 1. The summed E-state index contributed by atoms with van der Waals surface area (Å²) >= 11 is 5.91. The van der Waals surface area contributed by atoms with Crippen LogP contribution in [0.2, 0.25) is 5.02 Å². The number of nitrogens with zero attached hydrogens (tertiary/aromatic N) is 2. The van der Waals surface area contributed by atoms with Gasteiger partial charge >= 0.3 is 0 Å². The molecule has 2 aliphatic heterocycles. The molecule has 0 bridgehead atoms. The molecule has 1 N–H and O–H groups in total. The van der Waals surface area contributed by atoms with Crippen molar-refractivity contribution in [2.24, 2.45) is 0 Å². The van der Waals surface area contributed by atoms with E-state index in [1.165, 1.54) is 0 Å². The van der Waals surface area contributed by atoms with Gasteiger partial charge in [-0.3, -0.25) is 4.79 Å². The minimum atomic E-state index is 0.0814. The number of ether oxygens (including phenoxy) is 1. The van der Waals surface area contributed by atoms with Gasteiger partial charge in [-0.2, -0.15) is 0 Å². The summed E-state index contributed by atoms with van der Waals surface area (Å²) in [4.78, 5) is 16.9. The third-order valence-corrected chi connectivity index (χ3v) is 5.16. The standard InChI is InChI=1S/C21H22ClN3O2/c22-17-4-6-19(7-5-17)27-20-8-11-24(12-9-20)21(26)16-2-1-3-18(14-16)25-13-10-23-15-25/h1-7,10,13-14,20,23H,8-9,11-12,15H2. The molecule has 0 atom stereocenters. The number of likely N-dealkylation sites (tertiary alicyclic amines) is 1. The molecule has 0 radical (unpaired) electrons. The Balaban J connectivity index is 1.35. The fourth-order valence-electron chi connectivity index (χ4n) is 3.41. The molecule has 2 aromatic carbocycles. The average Bonchev–Trinajstić information content (AvgIpc) is 3.25. The zero-order valence-corrected chi connectivity index (χ0v) is 15.7. The van der Waals surface area contributed by atoms with Gasteiger partial charge in [-0.15, -0.1) is 0 Å². The van der Waals surface area contributed by atoms with Crippen LogP contribution in [0, 0.1) is 0 Å². The SMILES string of the molecule is O=C(c1cccc(N2C=CNC2)c1)N1CCC(Oc2ccc(Cl)cc2)CC1. The molecular weight excluding hydrogens is 362 g/mol. The molecule has 27 heavy (non-hydrogen) atoms. The molecule has 2 aliphatic rings. The highest BCUT2D eigenvalue weighted by molar-refractivity contribution is 6.30. The summed E-state index contributed by atoms with van der Waals surface area (Å²) in [6.45, 7) is 2.13. The Morgan fingerprint density at radius 1 is 1.11 bits per heavy atom. The van der Waals surface area contributed by atoms with E-state index in [2.05, 4.69) is 10.2 Å². The zero-order chi connectivity index (χ0) is 18.6. The van der Waals surface area contributed by atoms with E-state index in [9.17, 15) is 4.79 Å². The van der Waals surface area contributed by atoms with E-state index in [0.29, 0.717) is 18.1 Å². The molecule has 140 valence electrons. The number of amides is 1. The highest BCUT2D eigenvalue weighted by Gasteiger charge is 2.25. The van der Waals surface area contributed by atoms with Crippen LogP contribution >= 0.6 is 11.6 Å². The van der Waals surface area contributed by atoms with Crippen LogP contribution in [-0.2, 0) is 0 Å². The molecule has 1 saturated heterocycles. The Morgan fingerprint density at radius 2 is 1.89 bits per heavy atom. The van der Waals surface area contributed by atoms with E-state index >= 15 is 0 Å². The maximum absolute atomic E-state index is 12.9. The first kappa shape index (κ1) is 17.7. The molecule has 0 unspecified atom stereocenters. The van der Waals surface area contributed by atoms with Gasteiger partial charge in [0.05, 0.1) is 6.67 Å². The zero-order valence-electron chi connectivity index (χ0n) is 15.0. The Bertz CT molecular complexity index is 830. The molecule has 2 heterocycles. The second-order valence-corrected chi connectivity index (χ2v) is 7.20. The smallest absolute Gasteiger partial charge is 0.253 e. The third-order valence-electron chi connectivity index (χ3n) is 4.90. The number of hydrogen-bond donors (Lipinski definition) is 1. The molecule has 1 fully saturated rings. The van der Waals surface area contributed by atoms with Crippen molar-refractivity contribution in [2.75, 3.05) is 24.7 Å². The first-order valence-corrected chi connectivity index (χ1v) is 9.55. The minimum absolute atomic E-state index is 0.0814. The van der Waals surface area contributed by atoms with Gasteiger partial charge in [0.25, 0.3) is 5.91 Å². The fourth-order valence-corrected chi connectivity index (χ4v) is 3.53. The van der Waals surface area contributed by atoms with Crippen molar-refractivity contribution in [1.82, 2.24) is 10.2 Å². The van der Waals surface area contributed by atoms with Gasteiger partial charge in [0.1, 0.15) is 11.9 Å². The summed E-state index contributed by atoms with van der Waals surface area (Å²) in [5.41, 5.74) is 1.74. The topological polar surface area (TPSA) is 44.8 Å². The largest absolute Gasteiger partial charge is 0.490 e. The number of piperidine rings is 1. The van der Waals surface area contributed by atoms with Crippen molar-refractivity contribution in [2.45, 2.75) is 18.9 Å². The minimum Gasteiger partial charge on any atom is -0.490 e. The number of carbonyl (C=O) groups is 1. The predicted octanol–water partition coefficient (Wildman–Crippen LogP) is 3.86. The van der Waals surface area contributed by atoms with Crippen molar-refractivity contribution in [1.29, 1.82) is 0 Å². The van der Waals surface area contributed by atoms with Crippen molar-refractivity contribution in [3.8, 4) is 5.75 Å². The lowest BCUT2D eigenvalue weighted by molar-refractivity contribution is 0.0595. The summed E-state index contributed by atoms with van der Waals surface area (Å²) in [6.07, 6.45) is 5.66. The monoisotopic (exact) mass is 383 g/mol. The summed E-state index contributed by atoms with van der Waals surface area (Å²) in [5, 5.41) is 3.84. The van der Waals surface area contributed by atoms with E-state index in [1.807, 2.05) is 65.8 Å². The lowest BCUT2D eigenvalue weighted by Crippen LogP contribution is -2.41. The molecule has 1 amide bonds. The molecule has 0 aromatic heterocycles. The number of nitrogens with one attached hydrogen (secondary N) is 1. The maximum atomic E-state index is 12.9. The van der Waals surface area contributed by atoms with Crippen LogP contribution < -0.4 is 15.0 Å². The molecule has 0 aliphatic carbocycles. The van der Waals surface area contributed by atoms with Crippen LogP contribution in [-0.4, -0.2) is 36.7 Å². The van der Waals surface area contributed by atoms with E-state index in [4.69, 9.17) is 16.3 Å². The molecule has 4 rings (SSSR count). The van der Waals surface area contributed by atoms with Crippen molar-refractivity contribution in [3.05, 3.63) is 71.5 Å². The quantitative estimate of drug-likeness (QED) is 0.870. The number of carbonyl (C=O) groups excluding carboxylic acids is 1. The van der Waals surface area contributed by atoms with E-state index in [0.717, 1.165) is 36.5 Å². The lowest BCUT2D eigenvalue weighted by atomic mass is 10.1. The molecule has 0 spiro atoms. The van der Waals surface area contributed by atoms with E-state index in [1.54, 1.807) is 0 Å². The summed E-state index contributed by atoms with van der Waals surface area (Å²) < 4.78 is 6.01. The predicted molar refractivity (Wildman–Crippen MR) is 107 cm³/mol. The van der Waals surface area contributed by atoms with Gasteiger partial charge in [-0.05, 0) is 42.5 Å². The molecule has 6 heteroatoms. The number of hydrogen-bond acceptors (Lipinski definition) is 4. The average molecular weight is 384 g/mol. The molecule has 0 saturated carbocycles. The summed E-state index contributed by atoms with van der Waals surface area (Å²) in [7, 11) is 0. The molecule has 2 aromatic rings. The van der Waals surface area contributed by atoms with Crippen LogP contribution in [0.1, 0.15) is 23.2 Å². The second kappa shape index (κ2) is 7.92. The van der Waals surface area contributed by atoms with Crippen molar-refractivity contribution in [3.63, 3.8) is 0 Å². The fraction of sp³-hybridized carbons (Fsp3) is 0.286. The molecular formula is C21H22ClN3O2. The Morgan fingerprint density at radius 3 is 2.59 bits per heavy atom. The van der Waals surface area contributed by atoms with Crippen molar-refractivity contribution < 1.29 is 9.53 Å². The van der Waals surface area contributed by atoms with Gasteiger partial charge in [0, 0.05) is 54.6 Å². The van der Waals surface area contributed by atoms with Gasteiger partial charge in [-0.1, -0.05) is 17.7 Å². The highest BCUT2D eigenvalue weighted by Crippen LogP contribution is 2.23. The van der Waals surface area contributed by atoms with Gasteiger partial charge in [0.2, 0.25) is 0 Å². The third kappa shape index (κ3) is 4.19. The first-order valence-electron chi connectivity index (χ1n) is 9.17. The normalized spacial score (nSPS) is 17.1. The van der Waals surface area contributed by atoms with E-state index in [-0.39, 0.29) is 12.0 Å². The van der Waals surface area contributed by atoms with Crippen LogP contribution in [0.4, 0.5) is 5.69 Å². The second-order valence-electron chi connectivity index (χ2n) is 6.76. The van der Waals surface area contributed by atoms with Crippen LogP contribution in [0.15, 0.2) is 60.9 Å². The number of benzene rings is 2. The Kier molecular flexibility index (Phi) is 5.21. The van der Waals surface area contributed by atoms with E-state index < -0.39 is 0 Å². The number of anilines is 1. The van der Waals surface area contributed by atoms with Gasteiger partial charge in [0.15, 0.2) is 0 Å². The highest BCUT2D eigenvalue weighted by atomic mass is 35.5. The van der Waals surface area contributed by atoms with Crippen LogP contribution in [0.25, 0.3) is 0 Å². The maximum Gasteiger partial charge on any atom is 0.253 e.